The van der Waals surface area contributed by atoms with Crippen LogP contribution >= 0.6 is 11.3 Å². The number of anilines is 1. The maximum atomic E-state index is 13.2. The van der Waals surface area contributed by atoms with Crippen LogP contribution in [0, 0.1) is 6.92 Å². The molecule has 3 aromatic heterocycles. The number of carbonyl (C=O) groups excluding carboxylic acids is 1. The lowest BCUT2D eigenvalue weighted by Crippen LogP contribution is -2.41. The zero-order valence-electron chi connectivity index (χ0n) is 17.6. The molecular formula is C21H25N5O3S. The molecule has 9 heteroatoms. The smallest absolute Gasteiger partial charge is 0.264 e. The van der Waals surface area contributed by atoms with Crippen molar-refractivity contribution < 1.29 is 14.3 Å². The van der Waals surface area contributed by atoms with E-state index in [-0.39, 0.29) is 12.0 Å². The number of methoxy groups -OCH3 is 1. The third kappa shape index (κ3) is 3.95. The molecule has 158 valence electrons. The van der Waals surface area contributed by atoms with E-state index >= 15 is 0 Å². The van der Waals surface area contributed by atoms with Crippen molar-refractivity contribution in [3.05, 3.63) is 40.7 Å². The molecule has 1 atom stereocenters. The minimum absolute atomic E-state index is 0.0347. The fourth-order valence-corrected chi connectivity index (χ4v) is 4.82. The number of carbonyl (C=O) groups is 1. The van der Waals surface area contributed by atoms with Gasteiger partial charge < -0.3 is 19.3 Å². The number of nitrogens with zero attached hydrogens (tertiary/aromatic N) is 5. The Morgan fingerprint density at radius 3 is 3.00 bits per heavy atom. The SMILES string of the molecule is COc1cc(CN(C)C(=O)c2sc3ncnc(N4CCOC(C)C4)c3c2C)ccn1. The average molecular weight is 428 g/mol. The maximum absolute atomic E-state index is 13.2. The second-order valence-corrected chi connectivity index (χ2v) is 8.43. The van der Waals surface area contributed by atoms with Crippen LogP contribution in [0.2, 0.25) is 0 Å². The van der Waals surface area contributed by atoms with Crippen molar-refractivity contribution >= 4 is 33.3 Å². The molecule has 1 fully saturated rings. The van der Waals surface area contributed by atoms with Gasteiger partial charge in [0.25, 0.3) is 5.91 Å². The van der Waals surface area contributed by atoms with E-state index in [1.54, 1.807) is 31.6 Å². The number of thiophene rings is 1. The molecule has 0 spiro atoms. The van der Waals surface area contributed by atoms with Crippen molar-refractivity contribution in [3.8, 4) is 5.88 Å². The lowest BCUT2D eigenvalue weighted by molar-refractivity contribution is 0.0530. The standard InChI is InChI=1S/C21H25N5O3S/c1-13-10-26(7-8-29-13)19-17-14(2)18(30-20(17)24-12-23-19)21(27)25(3)11-15-5-6-22-16(9-15)28-4/h5-6,9,12-13H,7-8,10-11H2,1-4H3. The van der Waals surface area contributed by atoms with E-state index in [2.05, 4.69) is 26.8 Å². The fourth-order valence-electron chi connectivity index (χ4n) is 3.69. The predicted molar refractivity (Wildman–Crippen MR) is 116 cm³/mol. The quantitative estimate of drug-likeness (QED) is 0.619. The van der Waals surface area contributed by atoms with E-state index < -0.39 is 0 Å². The molecule has 0 radical (unpaired) electrons. The first kappa shape index (κ1) is 20.5. The molecule has 8 nitrogen and oxygen atoms in total. The number of pyridine rings is 1. The van der Waals surface area contributed by atoms with Crippen molar-refractivity contribution in [2.75, 3.05) is 38.8 Å². The maximum Gasteiger partial charge on any atom is 0.264 e. The Bertz CT molecular complexity index is 1070. The van der Waals surface area contributed by atoms with Gasteiger partial charge in [-0.25, -0.2) is 15.0 Å². The monoisotopic (exact) mass is 427 g/mol. The summed E-state index contributed by atoms with van der Waals surface area (Å²) in [5.74, 6) is 1.38. The second-order valence-electron chi connectivity index (χ2n) is 7.43. The van der Waals surface area contributed by atoms with Crippen molar-refractivity contribution in [2.45, 2.75) is 26.5 Å². The van der Waals surface area contributed by atoms with E-state index in [9.17, 15) is 4.79 Å². The van der Waals surface area contributed by atoms with Gasteiger partial charge >= 0.3 is 0 Å². The molecular weight excluding hydrogens is 402 g/mol. The number of rotatable bonds is 5. The summed E-state index contributed by atoms with van der Waals surface area (Å²) in [6.45, 7) is 6.72. The van der Waals surface area contributed by atoms with Crippen LogP contribution in [0.15, 0.2) is 24.7 Å². The van der Waals surface area contributed by atoms with Gasteiger partial charge in [0.1, 0.15) is 17.0 Å². The minimum atomic E-state index is -0.0347. The molecule has 30 heavy (non-hydrogen) atoms. The first-order valence-corrected chi connectivity index (χ1v) is 10.6. The van der Waals surface area contributed by atoms with Crippen molar-refractivity contribution in [3.63, 3.8) is 0 Å². The highest BCUT2D eigenvalue weighted by Gasteiger charge is 2.26. The molecule has 3 aromatic rings. The van der Waals surface area contributed by atoms with Crippen LogP contribution < -0.4 is 9.64 Å². The highest BCUT2D eigenvalue weighted by Crippen LogP contribution is 2.36. The molecule has 0 bridgehead atoms. The van der Waals surface area contributed by atoms with Crippen LogP contribution in [0.1, 0.15) is 27.7 Å². The summed E-state index contributed by atoms with van der Waals surface area (Å²) in [6, 6.07) is 3.72. The number of hydrogen-bond acceptors (Lipinski definition) is 8. The highest BCUT2D eigenvalue weighted by molar-refractivity contribution is 7.20. The van der Waals surface area contributed by atoms with E-state index in [1.165, 1.54) is 11.3 Å². The number of morpholine rings is 1. The third-order valence-corrected chi connectivity index (χ3v) is 6.40. The van der Waals surface area contributed by atoms with Gasteiger partial charge in [-0.1, -0.05) is 0 Å². The second kappa shape index (κ2) is 8.53. The first-order chi connectivity index (χ1) is 14.5. The number of fused-ring (bicyclic) bond motifs is 1. The number of aromatic nitrogens is 3. The van der Waals surface area contributed by atoms with E-state index in [0.29, 0.717) is 23.9 Å². The van der Waals surface area contributed by atoms with Gasteiger partial charge in [-0.2, -0.15) is 0 Å². The van der Waals surface area contributed by atoms with Crippen molar-refractivity contribution in [1.29, 1.82) is 0 Å². The Morgan fingerprint density at radius 1 is 1.40 bits per heavy atom. The summed E-state index contributed by atoms with van der Waals surface area (Å²) in [4.78, 5) is 31.8. The Morgan fingerprint density at radius 2 is 2.23 bits per heavy atom. The third-order valence-electron chi connectivity index (χ3n) is 5.22. The van der Waals surface area contributed by atoms with Crippen LogP contribution in [-0.4, -0.2) is 65.7 Å². The summed E-state index contributed by atoms with van der Waals surface area (Å²) in [7, 11) is 3.38. The molecule has 1 aliphatic heterocycles. The van der Waals surface area contributed by atoms with Crippen LogP contribution in [0.5, 0.6) is 5.88 Å². The Kier molecular flexibility index (Phi) is 5.83. The number of aryl methyl sites for hydroxylation is 1. The zero-order valence-corrected chi connectivity index (χ0v) is 18.4. The van der Waals surface area contributed by atoms with Crippen molar-refractivity contribution in [2.24, 2.45) is 0 Å². The molecule has 4 rings (SSSR count). The first-order valence-electron chi connectivity index (χ1n) is 9.83. The summed E-state index contributed by atoms with van der Waals surface area (Å²) in [6.07, 6.45) is 3.41. The summed E-state index contributed by atoms with van der Waals surface area (Å²) in [5.41, 5.74) is 1.88. The lowest BCUT2D eigenvalue weighted by atomic mass is 10.1. The molecule has 0 aliphatic carbocycles. The van der Waals surface area contributed by atoms with E-state index in [1.807, 2.05) is 19.1 Å². The molecule has 0 aromatic carbocycles. The molecule has 4 heterocycles. The van der Waals surface area contributed by atoms with E-state index in [4.69, 9.17) is 9.47 Å². The minimum Gasteiger partial charge on any atom is -0.481 e. The predicted octanol–water partition coefficient (Wildman–Crippen LogP) is 2.90. The highest BCUT2D eigenvalue weighted by atomic mass is 32.1. The molecule has 1 saturated heterocycles. The Hall–Kier alpha value is -2.78. The van der Waals surface area contributed by atoms with Gasteiger partial charge in [0.05, 0.1) is 30.1 Å². The van der Waals surface area contributed by atoms with Crippen LogP contribution in [0.3, 0.4) is 0 Å². The Labute approximate surface area is 179 Å². The van der Waals surface area contributed by atoms with Crippen LogP contribution in [0.4, 0.5) is 5.82 Å². The Balaban J connectivity index is 1.63. The van der Waals surface area contributed by atoms with Crippen LogP contribution in [-0.2, 0) is 11.3 Å². The van der Waals surface area contributed by atoms with Gasteiger partial charge in [0.15, 0.2) is 0 Å². The zero-order chi connectivity index (χ0) is 21.3. The van der Waals surface area contributed by atoms with Crippen LogP contribution in [0.25, 0.3) is 10.2 Å². The average Bonchev–Trinajstić information content (AvgIpc) is 3.10. The molecule has 0 N–H and O–H groups in total. The number of ether oxygens (including phenoxy) is 2. The normalized spacial score (nSPS) is 16.7. The van der Waals surface area contributed by atoms with Gasteiger partial charge in [0, 0.05) is 38.9 Å². The van der Waals surface area contributed by atoms with Gasteiger partial charge in [-0.3, -0.25) is 4.79 Å². The molecule has 1 unspecified atom stereocenters. The lowest BCUT2D eigenvalue weighted by Gasteiger charge is -2.32. The van der Waals surface area contributed by atoms with Crippen molar-refractivity contribution in [1.82, 2.24) is 19.9 Å². The summed E-state index contributed by atoms with van der Waals surface area (Å²) >= 11 is 1.42. The molecule has 1 aliphatic rings. The fraction of sp³-hybridized carbons (Fsp3) is 0.429. The number of amides is 1. The summed E-state index contributed by atoms with van der Waals surface area (Å²) < 4.78 is 10.8. The van der Waals surface area contributed by atoms with Gasteiger partial charge in [0.2, 0.25) is 5.88 Å². The molecule has 1 amide bonds. The van der Waals surface area contributed by atoms with E-state index in [0.717, 1.165) is 40.3 Å². The topological polar surface area (TPSA) is 80.7 Å². The molecule has 0 saturated carbocycles. The number of hydrogen-bond donors (Lipinski definition) is 0. The largest absolute Gasteiger partial charge is 0.481 e. The summed E-state index contributed by atoms with van der Waals surface area (Å²) in [5, 5.41) is 0.957. The van der Waals surface area contributed by atoms with Gasteiger partial charge in [-0.05, 0) is 31.0 Å². The van der Waals surface area contributed by atoms with Gasteiger partial charge in [-0.15, -0.1) is 11.3 Å².